The molecule has 0 aliphatic carbocycles. The Balaban J connectivity index is 1.99. The van der Waals surface area contributed by atoms with Crippen LogP contribution in [0, 0.1) is 0 Å². The molecule has 1 aromatic heterocycles. The van der Waals surface area contributed by atoms with Crippen molar-refractivity contribution in [3.8, 4) is 0 Å². The highest BCUT2D eigenvalue weighted by Crippen LogP contribution is 2.22. The number of carbonyl (C=O) groups excluding carboxylic acids is 1. The van der Waals surface area contributed by atoms with E-state index in [1.165, 1.54) is 11.7 Å². The van der Waals surface area contributed by atoms with E-state index in [-0.39, 0.29) is 24.7 Å². The van der Waals surface area contributed by atoms with E-state index in [0.29, 0.717) is 23.8 Å². The summed E-state index contributed by atoms with van der Waals surface area (Å²) in [5.41, 5.74) is 5.68. The third-order valence-electron chi connectivity index (χ3n) is 5.08. The molecule has 2 heterocycles. The third-order valence-corrected chi connectivity index (χ3v) is 5.41. The Bertz CT molecular complexity index is 1030. The van der Waals surface area contributed by atoms with E-state index in [1.54, 1.807) is 24.3 Å². The molecule has 1 saturated heterocycles. The predicted octanol–water partition coefficient (Wildman–Crippen LogP) is 1.52. The Labute approximate surface area is 179 Å². The van der Waals surface area contributed by atoms with E-state index < -0.39 is 23.7 Å². The van der Waals surface area contributed by atoms with Gasteiger partial charge in [-0.05, 0) is 31.4 Å². The molecule has 0 spiro atoms. The Morgan fingerprint density at radius 1 is 1.17 bits per heavy atom. The fourth-order valence-electron chi connectivity index (χ4n) is 3.55. The summed E-state index contributed by atoms with van der Waals surface area (Å²) in [5, 5.41) is 3.00. The summed E-state index contributed by atoms with van der Waals surface area (Å²) < 4.78 is 7.28. The van der Waals surface area contributed by atoms with Crippen LogP contribution in [-0.2, 0) is 22.6 Å². The van der Waals surface area contributed by atoms with Crippen LogP contribution in [0.2, 0.25) is 5.02 Å². The molecule has 1 fully saturated rings. The van der Waals surface area contributed by atoms with Gasteiger partial charge in [-0.15, -0.1) is 0 Å². The number of halogens is 1. The largest absolute Gasteiger partial charge is 0.383 e. The van der Waals surface area contributed by atoms with Crippen LogP contribution in [0.1, 0.15) is 19.3 Å². The number of amides is 1. The third kappa shape index (κ3) is 4.68. The van der Waals surface area contributed by atoms with Crippen molar-refractivity contribution in [1.29, 1.82) is 0 Å². The monoisotopic (exact) mass is 435 g/mol. The normalized spacial score (nSPS) is 14.0. The van der Waals surface area contributed by atoms with Crippen LogP contribution < -0.4 is 27.2 Å². The van der Waals surface area contributed by atoms with Crippen LogP contribution >= 0.6 is 11.6 Å². The van der Waals surface area contributed by atoms with Gasteiger partial charge in [-0.25, -0.2) is 9.36 Å². The number of anilines is 3. The maximum Gasteiger partial charge on any atom is 0.333 e. The summed E-state index contributed by atoms with van der Waals surface area (Å²) in [7, 11) is 1.51. The maximum absolute atomic E-state index is 13.2. The van der Waals surface area contributed by atoms with Gasteiger partial charge in [0.25, 0.3) is 5.56 Å². The van der Waals surface area contributed by atoms with E-state index in [9.17, 15) is 14.4 Å². The van der Waals surface area contributed by atoms with Gasteiger partial charge < -0.3 is 20.7 Å². The summed E-state index contributed by atoms with van der Waals surface area (Å²) in [4.78, 5) is 40.6. The van der Waals surface area contributed by atoms with Crippen LogP contribution in [0.4, 0.5) is 17.2 Å². The molecule has 1 amide bonds. The fraction of sp³-hybridized carbons (Fsp3) is 0.450. The second-order valence-corrected chi connectivity index (χ2v) is 7.54. The molecule has 0 radical (unpaired) electrons. The minimum atomic E-state index is -0.649. The number of rotatable bonds is 7. The number of piperidine rings is 1. The molecule has 3 N–H and O–H groups in total. The van der Waals surface area contributed by atoms with Crippen molar-refractivity contribution >= 4 is 34.7 Å². The van der Waals surface area contributed by atoms with Crippen LogP contribution in [0.5, 0.6) is 0 Å². The van der Waals surface area contributed by atoms with Gasteiger partial charge in [0.1, 0.15) is 18.1 Å². The van der Waals surface area contributed by atoms with Gasteiger partial charge >= 0.3 is 5.69 Å². The number of hydrogen-bond donors (Lipinski definition) is 2. The minimum Gasteiger partial charge on any atom is -0.383 e. The van der Waals surface area contributed by atoms with Crippen molar-refractivity contribution in [3.05, 3.63) is 50.1 Å². The fourth-order valence-corrected chi connectivity index (χ4v) is 3.73. The molecular formula is C20H26ClN5O4. The Hall–Kier alpha value is -2.78. The summed E-state index contributed by atoms with van der Waals surface area (Å²) >= 11 is 6.08. The average molecular weight is 436 g/mol. The van der Waals surface area contributed by atoms with Gasteiger partial charge in [-0.2, -0.15) is 0 Å². The number of nitrogen functional groups attached to an aromatic ring is 1. The zero-order valence-electron chi connectivity index (χ0n) is 16.9. The zero-order chi connectivity index (χ0) is 21.7. The average Bonchev–Trinajstić information content (AvgIpc) is 2.74. The van der Waals surface area contributed by atoms with E-state index in [2.05, 4.69) is 5.32 Å². The molecule has 30 heavy (non-hydrogen) atoms. The molecule has 3 rings (SSSR count). The van der Waals surface area contributed by atoms with Crippen LogP contribution in [0.3, 0.4) is 0 Å². The molecule has 9 nitrogen and oxygen atoms in total. The van der Waals surface area contributed by atoms with E-state index in [4.69, 9.17) is 22.1 Å². The first kappa shape index (κ1) is 21.9. The van der Waals surface area contributed by atoms with E-state index >= 15 is 0 Å². The van der Waals surface area contributed by atoms with Gasteiger partial charge in [-0.3, -0.25) is 14.2 Å². The first-order chi connectivity index (χ1) is 14.4. The number of methoxy groups -OCH3 is 1. The van der Waals surface area contributed by atoms with Crippen molar-refractivity contribution in [2.45, 2.75) is 32.4 Å². The quantitative estimate of drug-likeness (QED) is 0.682. The second kappa shape index (κ2) is 9.82. The van der Waals surface area contributed by atoms with Crippen molar-refractivity contribution in [2.75, 3.05) is 42.8 Å². The van der Waals surface area contributed by atoms with Crippen LogP contribution in [0.15, 0.2) is 33.9 Å². The summed E-state index contributed by atoms with van der Waals surface area (Å²) in [6, 6.07) is 6.74. The number of nitrogens with zero attached hydrogens (tertiary/aromatic N) is 3. The lowest BCUT2D eigenvalue weighted by Gasteiger charge is -2.30. The predicted molar refractivity (Wildman–Crippen MR) is 117 cm³/mol. The number of hydrogen-bond acceptors (Lipinski definition) is 6. The number of ether oxygens (including phenoxy) is 1. The summed E-state index contributed by atoms with van der Waals surface area (Å²) in [6.07, 6.45) is 2.94. The lowest BCUT2D eigenvalue weighted by atomic mass is 10.1. The zero-order valence-corrected chi connectivity index (χ0v) is 17.7. The summed E-state index contributed by atoms with van der Waals surface area (Å²) in [6.45, 7) is 1.32. The minimum absolute atomic E-state index is 0.103. The number of nitrogens with two attached hydrogens (primary N) is 1. The second-order valence-electron chi connectivity index (χ2n) is 7.13. The van der Waals surface area contributed by atoms with Crippen LogP contribution in [0.25, 0.3) is 0 Å². The highest BCUT2D eigenvalue weighted by atomic mass is 35.5. The highest BCUT2D eigenvalue weighted by Gasteiger charge is 2.24. The van der Waals surface area contributed by atoms with Gasteiger partial charge in [-0.1, -0.05) is 23.7 Å². The van der Waals surface area contributed by atoms with Crippen molar-refractivity contribution in [2.24, 2.45) is 0 Å². The van der Waals surface area contributed by atoms with Gasteiger partial charge in [0.05, 0.1) is 23.9 Å². The first-order valence-electron chi connectivity index (χ1n) is 9.85. The van der Waals surface area contributed by atoms with Gasteiger partial charge in [0.2, 0.25) is 5.91 Å². The number of carbonyl (C=O) groups is 1. The smallest absolute Gasteiger partial charge is 0.333 e. The molecular weight excluding hydrogens is 410 g/mol. The highest BCUT2D eigenvalue weighted by molar-refractivity contribution is 6.33. The molecule has 1 aliphatic heterocycles. The lowest BCUT2D eigenvalue weighted by molar-refractivity contribution is -0.116. The standard InChI is InChI=1S/C20H26ClN5O4/c1-30-12-11-25-18(22)17(24-9-5-2-6-10-24)19(28)26(20(25)29)13-16(27)23-15-8-4-3-7-14(15)21/h3-4,7-8H,2,5-6,9-13,22H2,1H3,(H,23,27). The summed E-state index contributed by atoms with van der Waals surface area (Å²) in [5.74, 6) is -0.429. The SMILES string of the molecule is COCCn1c(N)c(N2CCCCC2)c(=O)n(CC(=O)Nc2ccccc2Cl)c1=O. The lowest BCUT2D eigenvalue weighted by Crippen LogP contribution is -2.47. The van der Waals surface area contributed by atoms with Crippen molar-refractivity contribution in [3.63, 3.8) is 0 Å². The Kier molecular flexibility index (Phi) is 7.17. The Morgan fingerprint density at radius 3 is 2.53 bits per heavy atom. The van der Waals surface area contributed by atoms with Crippen molar-refractivity contribution in [1.82, 2.24) is 9.13 Å². The van der Waals surface area contributed by atoms with Gasteiger partial charge in [0, 0.05) is 20.2 Å². The molecule has 0 unspecified atom stereocenters. The topological polar surface area (TPSA) is 112 Å². The maximum atomic E-state index is 13.2. The molecule has 0 saturated carbocycles. The molecule has 0 atom stereocenters. The number of para-hydroxylation sites is 1. The molecule has 162 valence electrons. The Morgan fingerprint density at radius 2 is 1.87 bits per heavy atom. The van der Waals surface area contributed by atoms with E-state index in [1.807, 2.05) is 4.90 Å². The number of benzene rings is 1. The van der Waals surface area contributed by atoms with Gasteiger partial charge in [0.15, 0.2) is 0 Å². The van der Waals surface area contributed by atoms with E-state index in [0.717, 1.165) is 23.8 Å². The molecule has 2 aromatic rings. The molecule has 0 bridgehead atoms. The first-order valence-corrected chi connectivity index (χ1v) is 10.2. The molecule has 1 aromatic carbocycles. The molecule has 1 aliphatic rings. The number of aromatic nitrogens is 2. The molecule has 10 heteroatoms. The number of nitrogens with one attached hydrogen (secondary N) is 1. The van der Waals surface area contributed by atoms with Crippen molar-refractivity contribution < 1.29 is 9.53 Å². The van der Waals surface area contributed by atoms with Crippen LogP contribution in [-0.4, -0.2) is 41.8 Å².